The predicted molar refractivity (Wildman–Crippen MR) is 61.1 cm³/mol. The number of fused-ring (bicyclic) bond motifs is 1. The van der Waals surface area contributed by atoms with Crippen LogP contribution in [-0.2, 0) is 11.8 Å². The number of pyridine rings is 1. The van der Waals surface area contributed by atoms with Crippen molar-refractivity contribution in [1.29, 1.82) is 0 Å². The van der Waals surface area contributed by atoms with E-state index in [1.807, 2.05) is 41.9 Å². The average molecular weight is 296 g/mol. The van der Waals surface area contributed by atoms with Crippen molar-refractivity contribution < 1.29 is 31.1 Å². The fourth-order valence-electron chi connectivity index (χ4n) is 1.75. The summed E-state index contributed by atoms with van der Waals surface area (Å²) >= 11 is 0. The Morgan fingerprint density at radius 3 is 2.65 bits per heavy atom. The molecule has 0 unspecified atom stereocenters. The molecule has 0 aliphatic rings. The number of aromatic nitrogens is 1. The summed E-state index contributed by atoms with van der Waals surface area (Å²) < 4.78 is 6.85. The number of benzene rings is 1. The van der Waals surface area contributed by atoms with Gasteiger partial charge in [0.1, 0.15) is 7.05 Å². The van der Waals surface area contributed by atoms with Crippen molar-refractivity contribution in [1.82, 2.24) is 0 Å². The zero-order valence-corrected chi connectivity index (χ0v) is 11.4. The van der Waals surface area contributed by atoms with E-state index in [-0.39, 0.29) is 23.0 Å². The van der Waals surface area contributed by atoms with Crippen molar-refractivity contribution in [2.24, 2.45) is 7.05 Å². The first-order valence-electron chi connectivity index (χ1n) is 5.29. The highest BCUT2D eigenvalue weighted by atomic mass is 79.9. The largest absolute Gasteiger partial charge is 1.00 e. The third-order valence-corrected chi connectivity index (χ3v) is 2.56. The molecule has 0 spiro atoms. The molecule has 0 radical (unpaired) electrons. The lowest BCUT2D eigenvalue weighted by molar-refractivity contribution is -0.647. The monoisotopic (exact) mass is 295 g/mol. The molecule has 4 heteroatoms. The second-order valence-electron chi connectivity index (χ2n) is 3.56. The van der Waals surface area contributed by atoms with Crippen LogP contribution in [0.15, 0.2) is 36.4 Å². The van der Waals surface area contributed by atoms with Crippen molar-refractivity contribution in [3.05, 3.63) is 42.1 Å². The van der Waals surface area contributed by atoms with E-state index in [1.54, 1.807) is 13.0 Å². The fourth-order valence-corrected chi connectivity index (χ4v) is 1.75. The van der Waals surface area contributed by atoms with Gasteiger partial charge in [0.05, 0.1) is 6.61 Å². The molecular weight excluding hydrogens is 282 g/mol. The predicted octanol–water partition coefficient (Wildman–Crippen LogP) is -1.15. The van der Waals surface area contributed by atoms with Gasteiger partial charge in [-0.15, -0.1) is 0 Å². The molecule has 0 saturated heterocycles. The van der Waals surface area contributed by atoms with Crippen LogP contribution in [0.5, 0.6) is 0 Å². The summed E-state index contributed by atoms with van der Waals surface area (Å²) in [6.07, 6.45) is 0. The molecule has 1 aromatic carbocycles. The summed E-state index contributed by atoms with van der Waals surface area (Å²) in [6, 6.07) is 11.7. The maximum absolute atomic E-state index is 11.7. The van der Waals surface area contributed by atoms with Gasteiger partial charge in [0.15, 0.2) is 0 Å². The zero-order valence-electron chi connectivity index (χ0n) is 9.81. The molecule has 0 aliphatic heterocycles. The molecular formula is C13H14BrNO2. The van der Waals surface area contributed by atoms with Crippen LogP contribution in [-0.4, -0.2) is 12.6 Å². The highest BCUT2D eigenvalue weighted by Gasteiger charge is 2.19. The number of halogens is 1. The molecule has 0 fully saturated rings. The minimum absolute atomic E-state index is 0. The second-order valence-corrected chi connectivity index (χ2v) is 3.56. The van der Waals surface area contributed by atoms with Crippen LogP contribution in [0.25, 0.3) is 10.9 Å². The molecule has 0 saturated carbocycles. The van der Waals surface area contributed by atoms with Crippen LogP contribution in [0.1, 0.15) is 17.4 Å². The molecule has 3 nitrogen and oxygen atoms in total. The Morgan fingerprint density at radius 1 is 1.24 bits per heavy atom. The van der Waals surface area contributed by atoms with Gasteiger partial charge >= 0.3 is 5.97 Å². The van der Waals surface area contributed by atoms with E-state index in [9.17, 15) is 4.79 Å². The molecule has 1 heterocycles. The van der Waals surface area contributed by atoms with E-state index in [4.69, 9.17) is 4.74 Å². The lowest BCUT2D eigenvalue weighted by Crippen LogP contribution is -3.00. The molecule has 90 valence electrons. The first kappa shape index (κ1) is 13.6. The topological polar surface area (TPSA) is 30.2 Å². The maximum Gasteiger partial charge on any atom is 0.403 e. The Kier molecular flexibility index (Phi) is 4.63. The Labute approximate surface area is 111 Å². The van der Waals surface area contributed by atoms with Crippen LogP contribution in [0.3, 0.4) is 0 Å². The van der Waals surface area contributed by atoms with E-state index < -0.39 is 0 Å². The van der Waals surface area contributed by atoms with E-state index >= 15 is 0 Å². The molecule has 0 bridgehead atoms. The third-order valence-electron chi connectivity index (χ3n) is 2.56. The van der Waals surface area contributed by atoms with E-state index in [2.05, 4.69) is 0 Å². The Hall–Kier alpha value is -1.42. The lowest BCUT2D eigenvalue weighted by atomic mass is 10.2. The smallest absolute Gasteiger partial charge is 0.403 e. The van der Waals surface area contributed by atoms with Crippen molar-refractivity contribution in [2.45, 2.75) is 6.92 Å². The summed E-state index contributed by atoms with van der Waals surface area (Å²) in [4.78, 5) is 11.7. The number of esters is 1. The van der Waals surface area contributed by atoms with Crippen LogP contribution in [0.2, 0.25) is 0 Å². The van der Waals surface area contributed by atoms with Gasteiger partial charge in [-0.05, 0) is 19.1 Å². The van der Waals surface area contributed by atoms with Crippen LogP contribution in [0.4, 0.5) is 0 Å². The van der Waals surface area contributed by atoms with Crippen molar-refractivity contribution >= 4 is 16.9 Å². The Balaban J connectivity index is 0.00000144. The van der Waals surface area contributed by atoms with Gasteiger partial charge in [0, 0.05) is 17.5 Å². The van der Waals surface area contributed by atoms with Crippen LogP contribution < -0.4 is 21.5 Å². The molecule has 1 aromatic heterocycles. The number of ether oxygens (including phenoxy) is 1. The van der Waals surface area contributed by atoms with Crippen molar-refractivity contribution in [3.8, 4) is 0 Å². The number of nitrogens with zero attached hydrogens (tertiary/aromatic N) is 1. The summed E-state index contributed by atoms with van der Waals surface area (Å²) in [5.74, 6) is -0.282. The molecule has 0 aliphatic carbocycles. The fraction of sp³-hybridized carbons (Fsp3) is 0.231. The molecule has 0 amide bonds. The lowest BCUT2D eigenvalue weighted by Gasteiger charge is -2.02. The van der Waals surface area contributed by atoms with Gasteiger partial charge < -0.3 is 21.7 Å². The number of hydrogen-bond acceptors (Lipinski definition) is 2. The number of para-hydroxylation sites is 1. The molecule has 0 atom stereocenters. The molecule has 2 rings (SSSR count). The summed E-state index contributed by atoms with van der Waals surface area (Å²) in [7, 11) is 1.87. The summed E-state index contributed by atoms with van der Waals surface area (Å²) in [6.45, 7) is 2.20. The quantitative estimate of drug-likeness (QED) is 0.517. The normalized spacial score (nSPS) is 9.76. The van der Waals surface area contributed by atoms with E-state index in [1.165, 1.54) is 0 Å². The van der Waals surface area contributed by atoms with E-state index in [0.717, 1.165) is 10.9 Å². The highest BCUT2D eigenvalue weighted by molar-refractivity contribution is 5.88. The first-order valence-corrected chi connectivity index (χ1v) is 5.29. The van der Waals surface area contributed by atoms with Crippen molar-refractivity contribution in [3.63, 3.8) is 0 Å². The van der Waals surface area contributed by atoms with Gasteiger partial charge in [-0.3, -0.25) is 0 Å². The minimum Gasteiger partial charge on any atom is -1.00 e. The van der Waals surface area contributed by atoms with Crippen molar-refractivity contribution in [2.75, 3.05) is 6.61 Å². The van der Waals surface area contributed by atoms with Crippen LogP contribution in [0, 0.1) is 0 Å². The maximum atomic E-state index is 11.7. The number of hydrogen-bond donors (Lipinski definition) is 0. The Morgan fingerprint density at radius 2 is 1.94 bits per heavy atom. The third kappa shape index (κ3) is 2.64. The zero-order chi connectivity index (χ0) is 11.5. The number of aryl methyl sites for hydroxylation is 1. The van der Waals surface area contributed by atoms with Gasteiger partial charge in [0.2, 0.25) is 5.52 Å². The number of carbonyl (C=O) groups is 1. The minimum atomic E-state index is -0.282. The van der Waals surface area contributed by atoms with Gasteiger partial charge in [-0.25, -0.2) is 4.79 Å². The van der Waals surface area contributed by atoms with Gasteiger partial charge in [0.25, 0.3) is 5.69 Å². The SMILES string of the molecule is CCOC(=O)c1ccc2ccccc2[n+]1C.[Br-]. The average Bonchev–Trinajstić information content (AvgIpc) is 2.30. The van der Waals surface area contributed by atoms with Gasteiger partial charge in [-0.2, -0.15) is 4.57 Å². The summed E-state index contributed by atoms with van der Waals surface area (Å²) in [5.41, 5.74) is 1.59. The number of rotatable bonds is 2. The van der Waals surface area contributed by atoms with Crippen LogP contribution >= 0.6 is 0 Å². The summed E-state index contributed by atoms with van der Waals surface area (Å²) in [5, 5.41) is 1.11. The molecule has 0 N–H and O–H groups in total. The Bertz CT molecular complexity index is 540. The van der Waals surface area contributed by atoms with Gasteiger partial charge in [-0.1, -0.05) is 12.1 Å². The molecule has 2 aromatic rings. The highest BCUT2D eigenvalue weighted by Crippen LogP contribution is 2.10. The van der Waals surface area contributed by atoms with E-state index in [0.29, 0.717) is 12.3 Å². The number of carbonyl (C=O) groups excluding carboxylic acids is 1. The second kappa shape index (κ2) is 5.77. The standard InChI is InChI=1S/C13H14NO2.BrH/c1-3-16-13(15)12-9-8-10-6-4-5-7-11(10)14(12)2;/h4-9H,3H2,1-2H3;1H/q+1;/p-1. The molecule has 17 heavy (non-hydrogen) atoms. The first-order chi connectivity index (χ1) is 7.74.